The smallest absolute Gasteiger partial charge is 0.303 e. The summed E-state index contributed by atoms with van der Waals surface area (Å²) in [7, 11) is 0. The number of hydrogen-bond acceptors (Lipinski definition) is 2. The molecule has 1 heterocycles. The lowest BCUT2D eigenvalue weighted by Gasteiger charge is -1.97. The molecule has 0 saturated carbocycles. The second-order valence-corrected chi connectivity index (χ2v) is 2.75. The van der Waals surface area contributed by atoms with Crippen LogP contribution < -0.4 is 0 Å². The summed E-state index contributed by atoms with van der Waals surface area (Å²) in [5, 5.41) is 8.37. The zero-order valence-electron chi connectivity index (χ0n) is 7.03. The van der Waals surface area contributed by atoms with Crippen LogP contribution in [-0.4, -0.2) is 20.6 Å². The molecule has 0 aromatic carbocycles. The molecule has 66 valence electrons. The van der Waals surface area contributed by atoms with Gasteiger partial charge in [0, 0.05) is 19.2 Å². The molecule has 4 nitrogen and oxygen atoms in total. The molecule has 0 atom stereocenters. The molecule has 4 heteroatoms. The normalized spacial score (nSPS) is 10.1. The van der Waals surface area contributed by atoms with E-state index in [2.05, 4.69) is 4.98 Å². The molecule has 1 rings (SSSR count). The van der Waals surface area contributed by atoms with Crippen LogP contribution >= 0.6 is 0 Å². The summed E-state index contributed by atoms with van der Waals surface area (Å²) in [6, 6.07) is 0. The van der Waals surface area contributed by atoms with Gasteiger partial charge in [-0.3, -0.25) is 4.79 Å². The fraction of sp³-hybridized carbons (Fsp3) is 0.500. The molecule has 0 spiro atoms. The van der Waals surface area contributed by atoms with Crippen LogP contribution in [0.2, 0.25) is 0 Å². The van der Waals surface area contributed by atoms with Crippen molar-refractivity contribution in [3.05, 3.63) is 18.2 Å². The van der Waals surface area contributed by atoms with E-state index in [-0.39, 0.29) is 6.42 Å². The number of aromatic nitrogens is 2. The number of rotatable bonds is 4. The van der Waals surface area contributed by atoms with Gasteiger partial charge in [-0.2, -0.15) is 0 Å². The Hall–Kier alpha value is -1.32. The van der Waals surface area contributed by atoms with Crippen LogP contribution in [0.5, 0.6) is 0 Å². The maximum absolute atomic E-state index is 10.2. The van der Waals surface area contributed by atoms with Gasteiger partial charge in [0.2, 0.25) is 0 Å². The van der Waals surface area contributed by atoms with Gasteiger partial charge < -0.3 is 9.67 Å². The summed E-state index contributed by atoms with van der Waals surface area (Å²) in [4.78, 5) is 14.2. The van der Waals surface area contributed by atoms with Crippen LogP contribution in [0.15, 0.2) is 12.5 Å². The Morgan fingerprint density at radius 3 is 3.00 bits per heavy atom. The molecule has 0 unspecified atom stereocenters. The van der Waals surface area contributed by atoms with Crippen molar-refractivity contribution in [3.8, 4) is 0 Å². The van der Waals surface area contributed by atoms with E-state index in [1.807, 2.05) is 17.7 Å². The van der Waals surface area contributed by atoms with Gasteiger partial charge in [0.25, 0.3) is 0 Å². The quantitative estimate of drug-likeness (QED) is 0.731. The Bertz CT molecular complexity index is 268. The second-order valence-electron chi connectivity index (χ2n) is 2.75. The number of nitrogens with zero attached hydrogens (tertiary/aromatic N) is 2. The van der Waals surface area contributed by atoms with E-state index < -0.39 is 5.97 Å². The monoisotopic (exact) mass is 168 g/mol. The molecule has 0 radical (unpaired) electrons. The predicted octanol–water partition coefficient (Wildman–Crippen LogP) is 1.06. The minimum absolute atomic E-state index is 0.219. The van der Waals surface area contributed by atoms with Gasteiger partial charge in [-0.15, -0.1) is 0 Å². The zero-order valence-corrected chi connectivity index (χ0v) is 7.03. The van der Waals surface area contributed by atoms with Gasteiger partial charge in [0.15, 0.2) is 0 Å². The lowest BCUT2D eigenvalue weighted by molar-refractivity contribution is -0.137. The maximum atomic E-state index is 10.2. The van der Waals surface area contributed by atoms with E-state index in [0.717, 1.165) is 12.2 Å². The lowest BCUT2D eigenvalue weighted by atomic mass is 10.3. The maximum Gasteiger partial charge on any atom is 0.303 e. The van der Waals surface area contributed by atoms with Gasteiger partial charge in [-0.1, -0.05) is 0 Å². The van der Waals surface area contributed by atoms with E-state index in [1.165, 1.54) is 0 Å². The number of carboxylic acids is 1. The third-order valence-corrected chi connectivity index (χ3v) is 1.57. The standard InChI is InChI=1S/C8H12N2O2/c1-7-5-10(6-9-7)4-2-3-8(11)12/h5-6H,2-4H2,1H3,(H,11,12). The highest BCUT2D eigenvalue weighted by Crippen LogP contribution is 1.97. The molecule has 1 N–H and O–H groups in total. The van der Waals surface area contributed by atoms with Crippen molar-refractivity contribution in [1.82, 2.24) is 9.55 Å². The lowest BCUT2D eigenvalue weighted by Crippen LogP contribution is -1.99. The fourth-order valence-electron chi connectivity index (χ4n) is 1.01. The van der Waals surface area contributed by atoms with Crippen LogP contribution in [0.3, 0.4) is 0 Å². The van der Waals surface area contributed by atoms with Crippen molar-refractivity contribution in [2.45, 2.75) is 26.3 Å². The van der Waals surface area contributed by atoms with Gasteiger partial charge >= 0.3 is 5.97 Å². The summed E-state index contributed by atoms with van der Waals surface area (Å²) in [6.07, 6.45) is 4.50. The van der Waals surface area contributed by atoms with Gasteiger partial charge in [-0.25, -0.2) is 4.98 Å². The van der Waals surface area contributed by atoms with Crippen LogP contribution in [0.25, 0.3) is 0 Å². The highest BCUT2D eigenvalue weighted by Gasteiger charge is 1.97. The molecule has 0 amide bonds. The predicted molar refractivity (Wildman–Crippen MR) is 43.8 cm³/mol. The minimum atomic E-state index is -0.744. The van der Waals surface area contributed by atoms with E-state index in [1.54, 1.807) is 6.33 Å². The zero-order chi connectivity index (χ0) is 8.97. The minimum Gasteiger partial charge on any atom is -0.481 e. The summed E-state index contributed by atoms with van der Waals surface area (Å²) < 4.78 is 1.90. The molecule has 0 bridgehead atoms. The van der Waals surface area contributed by atoms with Crippen molar-refractivity contribution in [2.24, 2.45) is 0 Å². The van der Waals surface area contributed by atoms with E-state index >= 15 is 0 Å². The Labute approximate surface area is 70.9 Å². The molecule has 0 saturated heterocycles. The molecule has 0 fully saturated rings. The Morgan fingerprint density at radius 2 is 2.50 bits per heavy atom. The Balaban J connectivity index is 2.29. The van der Waals surface area contributed by atoms with Crippen molar-refractivity contribution < 1.29 is 9.90 Å². The van der Waals surface area contributed by atoms with Crippen molar-refractivity contribution in [2.75, 3.05) is 0 Å². The molecule has 0 aliphatic carbocycles. The summed E-state index contributed by atoms with van der Waals surface area (Å²) in [6.45, 7) is 2.64. The largest absolute Gasteiger partial charge is 0.481 e. The first-order chi connectivity index (χ1) is 5.68. The highest BCUT2D eigenvalue weighted by molar-refractivity contribution is 5.66. The molecule has 1 aromatic rings. The number of hydrogen-bond donors (Lipinski definition) is 1. The summed E-state index contributed by atoms with van der Waals surface area (Å²) in [5.74, 6) is -0.744. The topological polar surface area (TPSA) is 55.1 Å². The third-order valence-electron chi connectivity index (χ3n) is 1.57. The number of aliphatic carboxylic acids is 1. The highest BCUT2D eigenvalue weighted by atomic mass is 16.4. The Morgan fingerprint density at radius 1 is 1.75 bits per heavy atom. The molecule has 0 aliphatic heterocycles. The van der Waals surface area contributed by atoms with Crippen LogP contribution in [0.4, 0.5) is 0 Å². The number of imidazole rings is 1. The number of aryl methyl sites for hydroxylation is 2. The SMILES string of the molecule is Cc1cn(CCCC(=O)O)cn1. The van der Waals surface area contributed by atoms with Gasteiger partial charge in [-0.05, 0) is 13.3 Å². The van der Waals surface area contributed by atoms with Crippen LogP contribution in [0.1, 0.15) is 18.5 Å². The van der Waals surface area contributed by atoms with Crippen molar-refractivity contribution >= 4 is 5.97 Å². The average molecular weight is 168 g/mol. The number of carboxylic acid groups (broad SMARTS) is 1. The molecular weight excluding hydrogens is 156 g/mol. The van der Waals surface area contributed by atoms with E-state index in [9.17, 15) is 4.79 Å². The van der Waals surface area contributed by atoms with Gasteiger partial charge in [0.05, 0.1) is 12.0 Å². The van der Waals surface area contributed by atoms with E-state index in [0.29, 0.717) is 6.42 Å². The molecule has 12 heavy (non-hydrogen) atoms. The third kappa shape index (κ3) is 2.74. The second kappa shape index (κ2) is 3.90. The first-order valence-electron chi connectivity index (χ1n) is 3.88. The molecule has 0 aliphatic rings. The van der Waals surface area contributed by atoms with Crippen molar-refractivity contribution in [3.63, 3.8) is 0 Å². The number of carbonyl (C=O) groups is 1. The summed E-state index contributed by atoms with van der Waals surface area (Å²) >= 11 is 0. The van der Waals surface area contributed by atoms with Gasteiger partial charge in [0.1, 0.15) is 0 Å². The molecular formula is C8H12N2O2. The first-order valence-corrected chi connectivity index (χ1v) is 3.88. The first kappa shape index (κ1) is 8.77. The van der Waals surface area contributed by atoms with E-state index in [4.69, 9.17) is 5.11 Å². The Kier molecular flexibility index (Phi) is 2.85. The molecule has 1 aromatic heterocycles. The average Bonchev–Trinajstić information content (AvgIpc) is 2.35. The fourth-order valence-corrected chi connectivity index (χ4v) is 1.01. The van der Waals surface area contributed by atoms with Crippen LogP contribution in [-0.2, 0) is 11.3 Å². The summed E-state index contributed by atoms with van der Waals surface area (Å²) in [5.41, 5.74) is 0.963. The van der Waals surface area contributed by atoms with Crippen LogP contribution in [0, 0.1) is 6.92 Å². The van der Waals surface area contributed by atoms with Crippen molar-refractivity contribution in [1.29, 1.82) is 0 Å².